The predicted molar refractivity (Wildman–Crippen MR) is 153 cm³/mol. The normalized spacial score (nSPS) is 14.6. The molecule has 3 rings (SSSR count). The summed E-state index contributed by atoms with van der Waals surface area (Å²) in [4.78, 5) is 30.6. The lowest BCUT2D eigenvalue weighted by atomic mass is 9.84. The predicted octanol–water partition coefficient (Wildman–Crippen LogP) is 4.12. The van der Waals surface area contributed by atoms with E-state index in [-0.39, 0.29) is 6.42 Å². The first-order valence-corrected chi connectivity index (χ1v) is 13.2. The van der Waals surface area contributed by atoms with E-state index in [4.69, 9.17) is 5.73 Å². The number of aliphatic hydroxyl groups is 1. The maximum absolute atomic E-state index is 13.5. The Balaban J connectivity index is 1.80. The van der Waals surface area contributed by atoms with Gasteiger partial charge in [-0.1, -0.05) is 81.4 Å². The molecule has 0 aliphatic heterocycles. The Morgan fingerprint density at radius 3 is 2.13 bits per heavy atom. The van der Waals surface area contributed by atoms with Crippen LogP contribution in [0.1, 0.15) is 38.3 Å². The van der Waals surface area contributed by atoms with Crippen LogP contribution in [0.25, 0.3) is 11.3 Å². The van der Waals surface area contributed by atoms with Crippen molar-refractivity contribution in [3.63, 3.8) is 0 Å². The Labute approximate surface area is 230 Å². The molecule has 0 unspecified atom stereocenters. The first-order chi connectivity index (χ1) is 18.5. The number of carbonyl (C=O) groups is 2. The van der Waals surface area contributed by atoms with E-state index >= 15 is 0 Å². The van der Waals surface area contributed by atoms with E-state index in [2.05, 4.69) is 10.3 Å². The molecule has 5 N–H and O–H groups in total. The lowest BCUT2D eigenvalue weighted by Gasteiger charge is -2.36. The maximum atomic E-state index is 13.5. The Hall–Kier alpha value is -3.75. The van der Waals surface area contributed by atoms with E-state index in [1.165, 1.54) is 7.05 Å². The molecule has 1 heterocycles. The summed E-state index contributed by atoms with van der Waals surface area (Å²) in [5.41, 5.74) is 9.54. The van der Waals surface area contributed by atoms with Gasteiger partial charge in [0.05, 0.1) is 11.8 Å². The number of likely N-dealkylation sites (N-methyl/N-ethyl adjacent to an activating group) is 1. The van der Waals surface area contributed by atoms with Crippen LogP contribution in [0.4, 0.5) is 4.79 Å². The van der Waals surface area contributed by atoms with Crippen LogP contribution in [-0.2, 0) is 17.6 Å². The first kappa shape index (κ1) is 29.8. The molecule has 4 atom stereocenters. The van der Waals surface area contributed by atoms with Crippen molar-refractivity contribution in [3.05, 3.63) is 90.1 Å². The summed E-state index contributed by atoms with van der Waals surface area (Å²) in [6.07, 6.45) is 0.833. The average Bonchev–Trinajstić information content (AvgIpc) is 2.89. The Morgan fingerprint density at radius 2 is 1.56 bits per heavy atom. The molecule has 39 heavy (non-hydrogen) atoms. The molecule has 0 saturated carbocycles. The van der Waals surface area contributed by atoms with Crippen LogP contribution < -0.4 is 11.1 Å². The molecule has 1 aromatic heterocycles. The number of rotatable bonds is 11. The standard InChI is InChI=1S/C31H40N4O4/c1-31(2,3)28(35(4)30(38)39)29(37)34-24(20-27(36)25(32)19-21-10-6-5-7-11-21)18-22-13-15-23(16-14-22)26-12-8-9-17-33-26/h5-17,24-25,27-28,36H,18-20,32H2,1-4H3,(H,34,37)(H,38,39)/t24-,25+,27-,28-/m1/s1. The molecular formula is C31H40N4O4. The first-order valence-electron chi connectivity index (χ1n) is 13.2. The number of aromatic nitrogens is 1. The third-order valence-electron chi connectivity index (χ3n) is 6.84. The quantitative estimate of drug-likeness (QED) is 0.294. The van der Waals surface area contributed by atoms with Crippen LogP contribution in [-0.4, -0.2) is 63.4 Å². The molecule has 0 aliphatic rings. The summed E-state index contributed by atoms with van der Waals surface area (Å²) in [5.74, 6) is -0.411. The number of benzene rings is 2. The van der Waals surface area contributed by atoms with Crippen molar-refractivity contribution >= 4 is 12.0 Å². The zero-order valence-electron chi connectivity index (χ0n) is 23.1. The van der Waals surface area contributed by atoms with Crippen molar-refractivity contribution in [1.29, 1.82) is 0 Å². The number of aliphatic hydroxyl groups excluding tert-OH is 1. The molecule has 3 aromatic rings. The molecule has 8 heteroatoms. The van der Waals surface area contributed by atoms with Crippen LogP contribution >= 0.6 is 0 Å². The van der Waals surface area contributed by atoms with Gasteiger partial charge in [0.1, 0.15) is 6.04 Å². The average molecular weight is 533 g/mol. The highest BCUT2D eigenvalue weighted by atomic mass is 16.4. The molecular weight excluding hydrogens is 492 g/mol. The number of nitrogens with two attached hydrogens (primary N) is 1. The van der Waals surface area contributed by atoms with E-state index in [9.17, 15) is 19.8 Å². The lowest BCUT2D eigenvalue weighted by Crippen LogP contribution is -2.56. The summed E-state index contributed by atoms with van der Waals surface area (Å²) < 4.78 is 0. The Bertz CT molecular complexity index is 1200. The van der Waals surface area contributed by atoms with Gasteiger partial charge in [-0.05, 0) is 47.9 Å². The van der Waals surface area contributed by atoms with Crippen LogP contribution in [0.2, 0.25) is 0 Å². The van der Waals surface area contributed by atoms with Gasteiger partial charge in [-0.15, -0.1) is 0 Å². The molecule has 2 amide bonds. The minimum Gasteiger partial charge on any atom is -0.465 e. The van der Waals surface area contributed by atoms with Crippen molar-refractivity contribution in [1.82, 2.24) is 15.2 Å². The highest BCUT2D eigenvalue weighted by molar-refractivity contribution is 5.86. The van der Waals surface area contributed by atoms with Crippen LogP contribution in [0, 0.1) is 5.41 Å². The Kier molecular flexibility index (Phi) is 10.2. The summed E-state index contributed by atoms with van der Waals surface area (Å²) in [5, 5.41) is 23.7. The zero-order chi connectivity index (χ0) is 28.6. The van der Waals surface area contributed by atoms with Crippen molar-refractivity contribution in [2.75, 3.05) is 7.05 Å². The van der Waals surface area contributed by atoms with Gasteiger partial charge in [0.15, 0.2) is 0 Å². The topological polar surface area (TPSA) is 129 Å². The molecule has 2 aromatic carbocycles. The van der Waals surface area contributed by atoms with Crippen LogP contribution in [0.15, 0.2) is 79.0 Å². The fourth-order valence-corrected chi connectivity index (χ4v) is 4.85. The molecule has 0 saturated heterocycles. The fraction of sp³-hybridized carbons (Fsp3) is 0.387. The van der Waals surface area contributed by atoms with Crippen molar-refractivity contribution in [2.45, 2.75) is 64.3 Å². The largest absolute Gasteiger partial charge is 0.465 e. The summed E-state index contributed by atoms with van der Waals surface area (Å²) >= 11 is 0. The zero-order valence-corrected chi connectivity index (χ0v) is 23.1. The SMILES string of the molecule is CN(C(=O)O)[C@H](C(=O)N[C@H](Cc1ccc(-c2ccccn2)cc1)C[C@@H](O)[C@@H](N)Cc1ccccc1)C(C)(C)C. The molecule has 0 spiro atoms. The number of amides is 2. The minimum atomic E-state index is -1.18. The van der Waals surface area contributed by atoms with Gasteiger partial charge in [-0.25, -0.2) is 4.79 Å². The molecule has 0 fully saturated rings. The number of nitrogens with one attached hydrogen (secondary N) is 1. The van der Waals surface area contributed by atoms with E-state index in [0.29, 0.717) is 12.8 Å². The number of nitrogens with zero attached hydrogens (tertiary/aromatic N) is 2. The third kappa shape index (κ3) is 8.63. The van der Waals surface area contributed by atoms with Gasteiger partial charge >= 0.3 is 6.09 Å². The van der Waals surface area contributed by atoms with Crippen molar-refractivity contribution in [2.24, 2.45) is 11.1 Å². The van der Waals surface area contributed by atoms with Crippen molar-refractivity contribution in [3.8, 4) is 11.3 Å². The third-order valence-corrected chi connectivity index (χ3v) is 6.84. The van der Waals surface area contributed by atoms with Gasteiger partial charge < -0.3 is 21.3 Å². The number of carboxylic acid groups (broad SMARTS) is 1. The molecule has 208 valence electrons. The van der Waals surface area contributed by atoms with Crippen molar-refractivity contribution < 1.29 is 19.8 Å². The summed E-state index contributed by atoms with van der Waals surface area (Å²) in [7, 11) is 1.40. The van der Waals surface area contributed by atoms with Gasteiger partial charge in [0.2, 0.25) is 5.91 Å². The fourth-order valence-electron chi connectivity index (χ4n) is 4.85. The van der Waals surface area contributed by atoms with Gasteiger partial charge in [-0.2, -0.15) is 0 Å². The van der Waals surface area contributed by atoms with Gasteiger partial charge in [0.25, 0.3) is 0 Å². The van der Waals surface area contributed by atoms with Gasteiger partial charge in [0, 0.05) is 30.9 Å². The second kappa shape index (κ2) is 13.4. The van der Waals surface area contributed by atoms with E-state index in [0.717, 1.165) is 27.3 Å². The molecule has 0 bridgehead atoms. The molecule has 0 radical (unpaired) electrons. The van der Waals surface area contributed by atoms with Crippen LogP contribution in [0.3, 0.4) is 0 Å². The number of pyridine rings is 1. The summed E-state index contributed by atoms with van der Waals surface area (Å²) in [6, 6.07) is 21.4. The minimum absolute atomic E-state index is 0.218. The number of hydrogen-bond donors (Lipinski definition) is 4. The van der Waals surface area contributed by atoms with E-state index < -0.39 is 41.6 Å². The Morgan fingerprint density at radius 1 is 0.949 bits per heavy atom. The second-order valence-corrected chi connectivity index (χ2v) is 11.1. The monoisotopic (exact) mass is 532 g/mol. The smallest absolute Gasteiger partial charge is 0.407 e. The molecule has 0 aliphatic carbocycles. The van der Waals surface area contributed by atoms with Gasteiger partial charge in [-0.3, -0.25) is 14.7 Å². The number of hydrogen-bond acceptors (Lipinski definition) is 5. The highest BCUT2D eigenvalue weighted by Gasteiger charge is 2.38. The van der Waals surface area contributed by atoms with E-state index in [1.54, 1.807) is 6.20 Å². The highest BCUT2D eigenvalue weighted by Crippen LogP contribution is 2.25. The summed E-state index contributed by atoms with van der Waals surface area (Å²) in [6.45, 7) is 5.48. The molecule has 8 nitrogen and oxygen atoms in total. The van der Waals surface area contributed by atoms with E-state index in [1.807, 2.05) is 93.6 Å². The number of carbonyl (C=O) groups excluding carboxylic acids is 1. The van der Waals surface area contributed by atoms with Crippen LogP contribution in [0.5, 0.6) is 0 Å². The lowest BCUT2D eigenvalue weighted by molar-refractivity contribution is -0.129. The second-order valence-electron chi connectivity index (χ2n) is 11.1. The maximum Gasteiger partial charge on any atom is 0.407 e.